The molecule has 1 aliphatic carbocycles. The molecule has 0 radical (unpaired) electrons. The van der Waals surface area contributed by atoms with Crippen molar-refractivity contribution < 1.29 is 31.9 Å². The number of carbonyl (C=O) groups is 2. The highest BCUT2D eigenvalue weighted by atomic mass is 19.2. The fourth-order valence-electron chi connectivity index (χ4n) is 2.89. The smallest absolute Gasteiger partial charge is 0.310 e. The molecule has 2 unspecified atom stereocenters. The summed E-state index contributed by atoms with van der Waals surface area (Å²) in [4.78, 5) is 20.2. The number of hydrogen-bond acceptors (Lipinski definition) is 4. The summed E-state index contributed by atoms with van der Waals surface area (Å²) in [6.07, 6.45) is 1.64. The third kappa shape index (κ3) is 4.18. The largest absolute Gasteiger partial charge is 0.460 e. The van der Waals surface area contributed by atoms with Gasteiger partial charge in [0, 0.05) is 11.1 Å². The van der Waals surface area contributed by atoms with E-state index in [1.54, 1.807) is 26.8 Å². The Bertz CT molecular complexity index is 798. The molecule has 0 heterocycles. The second-order valence-electron chi connectivity index (χ2n) is 6.75. The SMILES string of the molecule is C/C(C#N)=C/C1C(C(=O)OCc2c(F)c(F)c(C)c(F)c2F)C1(C)C.C=O. The van der Waals surface area contributed by atoms with E-state index in [2.05, 4.69) is 0 Å². The Kier molecular flexibility index (Phi) is 6.90. The van der Waals surface area contributed by atoms with E-state index in [0.717, 1.165) is 6.92 Å². The predicted molar refractivity (Wildman–Crippen MR) is 88.1 cm³/mol. The molecule has 4 nitrogen and oxygen atoms in total. The van der Waals surface area contributed by atoms with Gasteiger partial charge in [-0.1, -0.05) is 19.9 Å². The fraction of sp³-hybridized carbons (Fsp3) is 0.421. The lowest BCUT2D eigenvalue weighted by atomic mass is 10.1. The Morgan fingerprint density at radius 2 is 1.67 bits per heavy atom. The molecule has 27 heavy (non-hydrogen) atoms. The van der Waals surface area contributed by atoms with Crippen LogP contribution in [0.5, 0.6) is 0 Å². The molecule has 1 aliphatic rings. The Labute approximate surface area is 154 Å². The van der Waals surface area contributed by atoms with Crippen LogP contribution < -0.4 is 0 Å². The molecule has 0 spiro atoms. The molecule has 0 aliphatic heterocycles. The third-order valence-corrected chi connectivity index (χ3v) is 4.70. The number of halogens is 4. The van der Waals surface area contributed by atoms with Gasteiger partial charge in [-0.25, -0.2) is 17.6 Å². The molecule has 1 saturated carbocycles. The van der Waals surface area contributed by atoms with Crippen molar-refractivity contribution in [2.45, 2.75) is 34.3 Å². The Hall–Kier alpha value is -2.69. The normalized spacial score (nSPS) is 20.2. The molecule has 0 bridgehead atoms. The summed E-state index contributed by atoms with van der Waals surface area (Å²) in [7, 11) is 0. The second-order valence-corrected chi connectivity index (χ2v) is 6.75. The molecule has 0 aromatic heterocycles. The van der Waals surface area contributed by atoms with Gasteiger partial charge in [0.25, 0.3) is 0 Å². The predicted octanol–water partition coefficient (Wildman–Crippen LogP) is 4.15. The van der Waals surface area contributed by atoms with Gasteiger partial charge in [-0.3, -0.25) is 4.79 Å². The van der Waals surface area contributed by atoms with E-state index in [1.165, 1.54) is 0 Å². The number of carbonyl (C=O) groups excluding carboxylic acids is 2. The van der Waals surface area contributed by atoms with Crippen molar-refractivity contribution in [3.05, 3.63) is 46.0 Å². The van der Waals surface area contributed by atoms with Crippen LogP contribution in [-0.4, -0.2) is 12.8 Å². The van der Waals surface area contributed by atoms with Gasteiger partial charge in [-0.05, 0) is 25.2 Å². The van der Waals surface area contributed by atoms with Crippen LogP contribution >= 0.6 is 0 Å². The number of benzene rings is 1. The van der Waals surface area contributed by atoms with E-state index in [4.69, 9.17) is 14.8 Å². The fourth-order valence-corrected chi connectivity index (χ4v) is 2.89. The zero-order chi connectivity index (χ0) is 21.1. The molecule has 1 aromatic rings. The quantitative estimate of drug-likeness (QED) is 0.338. The zero-order valence-corrected chi connectivity index (χ0v) is 15.3. The summed E-state index contributed by atoms with van der Waals surface area (Å²) in [5.41, 5.74) is -1.78. The maximum atomic E-state index is 13.8. The molecule has 146 valence electrons. The molecule has 2 rings (SSSR count). The molecule has 1 fully saturated rings. The molecule has 2 atom stereocenters. The summed E-state index contributed by atoms with van der Waals surface area (Å²) >= 11 is 0. The van der Waals surface area contributed by atoms with Crippen molar-refractivity contribution in [3.63, 3.8) is 0 Å². The molecular formula is C19H19F4NO3. The van der Waals surface area contributed by atoms with Crippen molar-refractivity contribution in [2.75, 3.05) is 0 Å². The highest BCUT2D eigenvalue weighted by Crippen LogP contribution is 2.59. The van der Waals surface area contributed by atoms with E-state index in [1.807, 2.05) is 12.9 Å². The number of nitrogens with zero attached hydrogens (tertiary/aromatic N) is 1. The first kappa shape index (κ1) is 22.4. The lowest BCUT2D eigenvalue weighted by Crippen LogP contribution is -2.14. The van der Waals surface area contributed by atoms with E-state index < -0.39 is 58.3 Å². The molecule has 0 N–H and O–H groups in total. The van der Waals surface area contributed by atoms with Crippen molar-refractivity contribution in [3.8, 4) is 6.07 Å². The zero-order valence-electron chi connectivity index (χ0n) is 15.3. The van der Waals surface area contributed by atoms with E-state index >= 15 is 0 Å². The first-order valence-electron chi connectivity index (χ1n) is 7.89. The van der Waals surface area contributed by atoms with Gasteiger partial charge in [-0.2, -0.15) is 5.26 Å². The number of ether oxygens (including phenoxy) is 1. The first-order chi connectivity index (χ1) is 12.5. The van der Waals surface area contributed by atoms with Crippen LogP contribution in [0, 0.1) is 58.8 Å². The number of rotatable bonds is 4. The molecule has 1 aromatic carbocycles. The summed E-state index contributed by atoms with van der Waals surface area (Å²) in [5.74, 6) is -7.75. The number of nitriles is 1. The van der Waals surface area contributed by atoms with Gasteiger partial charge in [0.05, 0.1) is 17.6 Å². The lowest BCUT2D eigenvalue weighted by molar-refractivity contribution is -0.147. The Morgan fingerprint density at radius 1 is 1.19 bits per heavy atom. The highest BCUT2D eigenvalue weighted by molar-refractivity contribution is 5.78. The standard InChI is InChI=1S/C18H17F4NO2.CH2O/c1-8(6-23)5-11-12(18(11,3)4)17(24)25-7-10-15(21)13(19)9(2)14(20)16(10)22;1-2/h5,11-12H,7H2,1-4H3;1H2/b8-5-;. The van der Waals surface area contributed by atoms with Crippen LogP contribution in [0.25, 0.3) is 0 Å². The Balaban J connectivity index is 0.00000176. The van der Waals surface area contributed by atoms with Crippen LogP contribution in [0.3, 0.4) is 0 Å². The maximum absolute atomic E-state index is 13.8. The summed E-state index contributed by atoms with van der Waals surface area (Å²) in [6.45, 7) is 7.17. The van der Waals surface area contributed by atoms with Crippen molar-refractivity contribution in [1.29, 1.82) is 5.26 Å². The molecule has 8 heteroatoms. The third-order valence-electron chi connectivity index (χ3n) is 4.70. The van der Waals surface area contributed by atoms with E-state index in [-0.39, 0.29) is 5.92 Å². The van der Waals surface area contributed by atoms with Crippen LogP contribution in [0.2, 0.25) is 0 Å². The number of esters is 1. The van der Waals surface area contributed by atoms with Gasteiger partial charge < -0.3 is 9.53 Å². The van der Waals surface area contributed by atoms with Gasteiger partial charge in [0.1, 0.15) is 13.4 Å². The minimum absolute atomic E-state index is 0.249. The van der Waals surface area contributed by atoms with Crippen LogP contribution in [0.1, 0.15) is 31.9 Å². The van der Waals surface area contributed by atoms with E-state index in [9.17, 15) is 22.4 Å². The minimum Gasteiger partial charge on any atom is -0.460 e. The van der Waals surface area contributed by atoms with Crippen molar-refractivity contribution in [2.24, 2.45) is 17.3 Å². The molecule has 0 saturated heterocycles. The average Bonchev–Trinajstić information content (AvgIpc) is 3.19. The first-order valence-corrected chi connectivity index (χ1v) is 7.89. The van der Waals surface area contributed by atoms with Crippen LogP contribution in [0.15, 0.2) is 11.6 Å². The van der Waals surface area contributed by atoms with Gasteiger partial charge >= 0.3 is 5.97 Å². The van der Waals surface area contributed by atoms with Gasteiger partial charge in [0.15, 0.2) is 23.3 Å². The number of allylic oxidation sites excluding steroid dienone is 2. The van der Waals surface area contributed by atoms with Crippen LogP contribution in [0.4, 0.5) is 17.6 Å². The summed E-state index contributed by atoms with van der Waals surface area (Å²) < 4.78 is 59.5. The minimum atomic E-state index is -1.57. The second kappa shape index (κ2) is 8.33. The van der Waals surface area contributed by atoms with Crippen LogP contribution in [-0.2, 0) is 20.9 Å². The van der Waals surface area contributed by atoms with Gasteiger partial charge in [-0.15, -0.1) is 0 Å². The number of hydrogen-bond donors (Lipinski definition) is 0. The lowest BCUT2D eigenvalue weighted by Gasteiger charge is -2.10. The van der Waals surface area contributed by atoms with Crippen molar-refractivity contribution >= 4 is 12.8 Å². The monoisotopic (exact) mass is 385 g/mol. The Morgan fingerprint density at radius 3 is 2.11 bits per heavy atom. The van der Waals surface area contributed by atoms with Gasteiger partial charge in [0.2, 0.25) is 0 Å². The van der Waals surface area contributed by atoms with E-state index in [0.29, 0.717) is 5.57 Å². The van der Waals surface area contributed by atoms with Crippen molar-refractivity contribution in [1.82, 2.24) is 0 Å². The maximum Gasteiger partial charge on any atom is 0.310 e. The summed E-state index contributed by atoms with van der Waals surface area (Å²) in [6, 6.07) is 1.95. The summed E-state index contributed by atoms with van der Waals surface area (Å²) in [5, 5.41) is 8.81. The molecule has 0 amide bonds. The highest BCUT2D eigenvalue weighted by Gasteiger charge is 2.61. The average molecular weight is 385 g/mol. The topological polar surface area (TPSA) is 67.2 Å². The molecular weight excluding hydrogens is 366 g/mol.